The molecule has 1 amide bonds. The standard InChI is InChI=1S/C18H26N6O/c1-12(2)24-8-4-5-16(24)18-21-13(3)9-14(23-18)6-7-17(25)22-15-10-19-20-11-15/h9-12,16H,4-8H2,1-3H3,(H,19,20)(H,22,25)/t16-/m0/s1. The summed E-state index contributed by atoms with van der Waals surface area (Å²) in [5, 5.41) is 9.31. The molecule has 0 aliphatic carbocycles. The summed E-state index contributed by atoms with van der Waals surface area (Å²) in [4.78, 5) is 23.9. The molecule has 134 valence electrons. The van der Waals surface area contributed by atoms with E-state index in [1.165, 1.54) is 6.42 Å². The SMILES string of the molecule is Cc1cc(CCC(=O)Nc2cn[nH]c2)nc([C@@H]2CCCN2C(C)C)n1. The lowest BCUT2D eigenvalue weighted by Gasteiger charge is -2.27. The molecule has 0 saturated carbocycles. The van der Waals surface area contributed by atoms with Crippen molar-refractivity contribution in [1.29, 1.82) is 0 Å². The van der Waals surface area contributed by atoms with Crippen LogP contribution in [0.5, 0.6) is 0 Å². The summed E-state index contributed by atoms with van der Waals surface area (Å²) in [6.07, 6.45) is 6.52. The van der Waals surface area contributed by atoms with Crippen molar-refractivity contribution in [3.63, 3.8) is 0 Å². The summed E-state index contributed by atoms with van der Waals surface area (Å²) in [5.41, 5.74) is 2.58. The Morgan fingerprint density at radius 2 is 2.28 bits per heavy atom. The summed E-state index contributed by atoms with van der Waals surface area (Å²) in [6, 6.07) is 2.75. The molecule has 0 spiro atoms. The van der Waals surface area contributed by atoms with Crippen molar-refractivity contribution in [2.45, 2.75) is 58.5 Å². The lowest BCUT2D eigenvalue weighted by molar-refractivity contribution is -0.116. The van der Waals surface area contributed by atoms with E-state index in [4.69, 9.17) is 4.98 Å². The summed E-state index contributed by atoms with van der Waals surface area (Å²) in [7, 11) is 0. The van der Waals surface area contributed by atoms with Crippen molar-refractivity contribution in [2.75, 3.05) is 11.9 Å². The summed E-state index contributed by atoms with van der Waals surface area (Å²) in [6.45, 7) is 7.53. The number of likely N-dealkylation sites (tertiary alicyclic amines) is 1. The highest BCUT2D eigenvalue weighted by Gasteiger charge is 2.30. The maximum Gasteiger partial charge on any atom is 0.224 e. The predicted molar refractivity (Wildman–Crippen MR) is 96.1 cm³/mol. The van der Waals surface area contributed by atoms with E-state index in [0.717, 1.165) is 30.2 Å². The van der Waals surface area contributed by atoms with Gasteiger partial charge in [0.25, 0.3) is 0 Å². The Morgan fingerprint density at radius 1 is 1.44 bits per heavy atom. The number of amides is 1. The van der Waals surface area contributed by atoms with Crippen molar-refractivity contribution in [2.24, 2.45) is 0 Å². The molecule has 0 radical (unpaired) electrons. The number of carbonyl (C=O) groups excluding carboxylic acids is 1. The smallest absolute Gasteiger partial charge is 0.224 e. The van der Waals surface area contributed by atoms with Gasteiger partial charge in [-0.05, 0) is 52.6 Å². The topological polar surface area (TPSA) is 86.8 Å². The number of hydrogen-bond donors (Lipinski definition) is 2. The van der Waals surface area contributed by atoms with Crippen molar-refractivity contribution < 1.29 is 4.79 Å². The second-order valence-electron chi connectivity index (χ2n) is 6.88. The molecule has 2 N–H and O–H groups in total. The van der Waals surface area contributed by atoms with E-state index in [0.29, 0.717) is 30.6 Å². The van der Waals surface area contributed by atoms with Crippen LogP contribution in [0.3, 0.4) is 0 Å². The maximum absolute atomic E-state index is 12.0. The van der Waals surface area contributed by atoms with E-state index < -0.39 is 0 Å². The first-order chi connectivity index (χ1) is 12.0. The predicted octanol–water partition coefficient (Wildman–Crippen LogP) is 2.62. The molecule has 7 nitrogen and oxygen atoms in total. The first kappa shape index (κ1) is 17.5. The van der Waals surface area contributed by atoms with Gasteiger partial charge in [-0.3, -0.25) is 14.8 Å². The van der Waals surface area contributed by atoms with E-state index in [-0.39, 0.29) is 5.91 Å². The van der Waals surface area contributed by atoms with Gasteiger partial charge in [0.1, 0.15) is 5.82 Å². The van der Waals surface area contributed by atoms with E-state index >= 15 is 0 Å². The quantitative estimate of drug-likeness (QED) is 0.843. The Labute approximate surface area is 148 Å². The van der Waals surface area contributed by atoms with Gasteiger partial charge in [0, 0.05) is 30.0 Å². The van der Waals surface area contributed by atoms with Crippen molar-refractivity contribution in [3.8, 4) is 0 Å². The Kier molecular flexibility index (Phi) is 5.43. The van der Waals surface area contributed by atoms with Gasteiger partial charge in [-0.2, -0.15) is 5.10 Å². The largest absolute Gasteiger partial charge is 0.323 e. The molecule has 7 heteroatoms. The molecule has 3 rings (SSSR count). The first-order valence-corrected chi connectivity index (χ1v) is 8.92. The Balaban J connectivity index is 1.66. The molecule has 1 atom stereocenters. The molecule has 1 fully saturated rings. The fraction of sp³-hybridized carbons (Fsp3) is 0.556. The lowest BCUT2D eigenvalue weighted by Crippen LogP contribution is -2.31. The van der Waals surface area contributed by atoms with Gasteiger partial charge < -0.3 is 5.32 Å². The zero-order chi connectivity index (χ0) is 17.8. The number of H-pyrrole nitrogens is 1. The minimum atomic E-state index is -0.0381. The Hall–Kier alpha value is -2.28. The first-order valence-electron chi connectivity index (χ1n) is 8.92. The van der Waals surface area contributed by atoms with Gasteiger partial charge in [-0.25, -0.2) is 9.97 Å². The third-order valence-corrected chi connectivity index (χ3v) is 4.57. The fourth-order valence-corrected chi connectivity index (χ4v) is 3.40. The summed E-state index contributed by atoms with van der Waals surface area (Å²) < 4.78 is 0. The van der Waals surface area contributed by atoms with E-state index in [9.17, 15) is 4.79 Å². The van der Waals surface area contributed by atoms with Crippen LogP contribution >= 0.6 is 0 Å². The van der Waals surface area contributed by atoms with Crippen LogP contribution in [0.15, 0.2) is 18.5 Å². The van der Waals surface area contributed by atoms with Crippen LogP contribution < -0.4 is 5.32 Å². The minimum Gasteiger partial charge on any atom is -0.323 e. The maximum atomic E-state index is 12.0. The molecule has 1 aliphatic rings. The third-order valence-electron chi connectivity index (χ3n) is 4.57. The number of nitrogens with one attached hydrogen (secondary N) is 2. The fourth-order valence-electron chi connectivity index (χ4n) is 3.40. The highest BCUT2D eigenvalue weighted by atomic mass is 16.1. The average molecular weight is 342 g/mol. The number of hydrogen-bond acceptors (Lipinski definition) is 5. The monoisotopic (exact) mass is 342 g/mol. The number of anilines is 1. The second-order valence-corrected chi connectivity index (χ2v) is 6.88. The Bertz CT molecular complexity index is 712. The van der Waals surface area contributed by atoms with E-state index in [1.807, 2.05) is 13.0 Å². The molecular weight excluding hydrogens is 316 g/mol. The highest BCUT2D eigenvalue weighted by Crippen LogP contribution is 2.31. The van der Waals surface area contributed by atoms with Crippen molar-refractivity contribution in [3.05, 3.63) is 35.7 Å². The Morgan fingerprint density at radius 3 is 3.00 bits per heavy atom. The van der Waals surface area contributed by atoms with Crippen LogP contribution in [0.2, 0.25) is 0 Å². The highest BCUT2D eigenvalue weighted by molar-refractivity contribution is 5.90. The van der Waals surface area contributed by atoms with Crippen LogP contribution in [0.1, 0.15) is 56.4 Å². The molecule has 0 unspecified atom stereocenters. The van der Waals surface area contributed by atoms with Gasteiger partial charge >= 0.3 is 0 Å². The minimum absolute atomic E-state index is 0.0381. The molecule has 0 bridgehead atoms. The van der Waals surface area contributed by atoms with Gasteiger partial charge in [0.05, 0.1) is 17.9 Å². The third kappa shape index (κ3) is 4.42. The molecule has 1 saturated heterocycles. The van der Waals surface area contributed by atoms with Crippen LogP contribution in [-0.4, -0.2) is 43.6 Å². The van der Waals surface area contributed by atoms with Crippen LogP contribution in [0, 0.1) is 6.92 Å². The molecular formula is C18H26N6O. The van der Waals surface area contributed by atoms with Crippen molar-refractivity contribution >= 4 is 11.6 Å². The van der Waals surface area contributed by atoms with Gasteiger partial charge in [-0.1, -0.05) is 0 Å². The summed E-state index contributed by atoms with van der Waals surface area (Å²) in [5.74, 6) is 0.861. The lowest BCUT2D eigenvalue weighted by atomic mass is 10.1. The van der Waals surface area contributed by atoms with E-state index in [1.54, 1.807) is 12.4 Å². The number of nitrogens with zero attached hydrogens (tertiary/aromatic N) is 4. The summed E-state index contributed by atoms with van der Waals surface area (Å²) >= 11 is 0. The molecule has 3 heterocycles. The van der Waals surface area contributed by atoms with Gasteiger partial charge in [0.15, 0.2) is 0 Å². The molecule has 25 heavy (non-hydrogen) atoms. The van der Waals surface area contributed by atoms with Gasteiger partial charge in [-0.15, -0.1) is 0 Å². The van der Waals surface area contributed by atoms with Crippen LogP contribution in [0.4, 0.5) is 5.69 Å². The average Bonchev–Trinajstić information content (AvgIpc) is 3.23. The zero-order valence-corrected chi connectivity index (χ0v) is 15.1. The number of rotatable bonds is 6. The zero-order valence-electron chi connectivity index (χ0n) is 15.1. The molecule has 2 aromatic heterocycles. The molecule has 0 aromatic carbocycles. The van der Waals surface area contributed by atoms with Crippen molar-refractivity contribution in [1.82, 2.24) is 25.1 Å². The van der Waals surface area contributed by atoms with Gasteiger partial charge in [0.2, 0.25) is 5.91 Å². The number of aromatic nitrogens is 4. The normalized spacial score (nSPS) is 18.0. The van der Waals surface area contributed by atoms with Crippen LogP contribution in [0.25, 0.3) is 0 Å². The van der Waals surface area contributed by atoms with Crippen LogP contribution in [-0.2, 0) is 11.2 Å². The number of carbonyl (C=O) groups is 1. The second kappa shape index (κ2) is 7.74. The molecule has 2 aromatic rings. The van der Waals surface area contributed by atoms with E-state index in [2.05, 4.69) is 39.2 Å². The molecule has 1 aliphatic heterocycles. The number of aryl methyl sites for hydroxylation is 2. The number of aromatic amines is 1.